The van der Waals surface area contributed by atoms with Crippen LogP contribution < -0.4 is 10.6 Å². The van der Waals surface area contributed by atoms with E-state index in [1.54, 1.807) is 6.33 Å². The van der Waals surface area contributed by atoms with Crippen LogP contribution >= 0.6 is 0 Å². The number of nitrogens with zero attached hydrogens (tertiary/aromatic N) is 2. The summed E-state index contributed by atoms with van der Waals surface area (Å²) in [6, 6.07) is 5.89. The summed E-state index contributed by atoms with van der Waals surface area (Å²) in [6.45, 7) is 7.41. The average Bonchev–Trinajstić information content (AvgIpc) is 2.74. The number of aromatic nitrogens is 2. The maximum atomic E-state index is 11.7. The van der Waals surface area contributed by atoms with Gasteiger partial charge in [-0.05, 0) is 23.1 Å². The second kappa shape index (κ2) is 5.53. The summed E-state index contributed by atoms with van der Waals surface area (Å²) in [5.41, 5.74) is 3.17. The van der Waals surface area contributed by atoms with E-state index in [4.69, 9.17) is 0 Å². The predicted octanol–water partition coefficient (Wildman–Crippen LogP) is 2.42. The minimum atomic E-state index is -0.138. The number of hydrogen-bond donors (Lipinski definition) is 2. The maximum Gasteiger partial charge on any atom is 0.315 e. The lowest BCUT2D eigenvalue weighted by Crippen LogP contribution is -2.39. The highest BCUT2D eigenvalue weighted by Crippen LogP contribution is 2.13. The van der Waals surface area contributed by atoms with Crippen LogP contribution in [-0.4, -0.2) is 22.1 Å². The van der Waals surface area contributed by atoms with Crippen molar-refractivity contribution in [3.63, 3.8) is 0 Å². The summed E-state index contributed by atoms with van der Waals surface area (Å²) in [7, 11) is 1.97. The van der Waals surface area contributed by atoms with Gasteiger partial charge in [0.15, 0.2) is 0 Å². The summed E-state index contributed by atoms with van der Waals surface area (Å²) in [5.74, 6) is 0. The van der Waals surface area contributed by atoms with Gasteiger partial charge < -0.3 is 15.2 Å². The van der Waals surface area contributed by atoms with E-state index in [1.807, 2.05) is 29.8 Å². The average molecular weight is 274 g/mol. The number of carbonyl (C=O) groups excluding carboxylic acids is 1. The summed E-state index contributed by atoms with van der Waals surface area (Å²) in [4.78, 5) is 16.0. The highest BCUT2D eigenvalue weighted by Gasteiger charge is 2.11. The topological polar surface area (TPSA) is 59.0 Å². The van der Waals surface area contributed by atoms with E-state index in [9.17, 15) is 4.79 Å². The van der Waals surface area contributed by atoms with Gasteiger partial charge in [0, 0.05) is 20.1 Å². The van der Waals surface area contributed by atoms with Crippen LogP contribution in [0.4, 0.5) is 4.79 Å². The Morgan fingerprint density at radius 2 is 2.05 bits per heavy atom. The first-order valence-electron chi connectivity index (χ1n) is 6.77. The summed E-state index contributed by atoms with van der Waals surface area (Å²) in [6.07, 6.45) is 1.79. The maximum absolute atomic E-state index is 11.7. The van der Waals surface area contributed by atoms with Crippen molar-refractivity contribution in [2.24, 2.45) is 12.5 Å². The zero-order valence-corrected chi connectivity index (χ0v) is 12.5. The molecule has 0 saturated carbocycles. The molecule has 0 radical (unpaired) electrons. The third-order valence-corrected chi connectivity index (χ3v) is 3.02. The van der Waals surface area contributed by atoms with Gasteiger partial charge in [0.05, 0.1) is 17.4 Å². The molecule has 5 nitrogen and oxygen atoms in total. The van der Waals surface area contributed by atoms with Crippen molar-refractivity contribution in [3.8, 4) is 0 Å². The molecule has 0 saturated heterocycles. The molecule has 108 valence electrons. The number of aryl methyl sites for hydroxylation is 1. The third kappa shape index (κ3) is 3.73. The van der Waals surface area contributed by atoms with Crippen LogP contribution in [0.2, 0.25) is 0 Å². The Kier molecular flexibility index (Phi) is 3.97. The molecule has 1 aromatic heterocycles. The van der Waals surface area contributed by atoms with Crippen molar-refractivity contribution in [2.45, 2.75) is 27.3 Å². The molecule has 2 amide bonds. The van der Waals surface area contributed by atoms with E-state index in [1.165, 1.54) is 0 Å². The van der Waals surface area contributed by atoms with E-state index in [0.29, 0.717) is 13.1 Å². The Hall–Kier alpha value is -2.04. The molecule has 1 heterocycles. The molecular formula is C15H22N4O. The first-order chi connectivity index (χ1) is 9.35. The van der Waals surface area contributed by atoms with E-state index in [2.05, 4.69) is 36.4 Å². The Balaban J connectivity index is 1.90. The normalized spacial score (nSPS) is 11.6. The number of imidazole rings is 1. The number of nitrogens with one attached hydrogen (secondary N) is 2. The minimum absolute atomic E-state index is 0.0875. The third-order valence-electron chi connectivity index (χ3n) is 3.02. The Morgan fingerprint density at radius 1 is 1.30 bits per heavy atom. The van der Waals surface area contributed by atoms with Gasteiger partial charge in [0.2, 0.25) is 0 Å². The number of benzene rings is 1. The zero-order chi connectivity index (χ0) is 14.8. The van der Waals surface area contributed by atoms with Crippen molar-refractivity contribution < 1.29 is 4.79 Å². The van der Waals surface area contributed by atoms with Gasteiger partial charge in [-0.1, -0.05) is 26.8 Å². The van der Waals surface area contributed by atoms with E-state index in [0.717, 1.165) is 16.6 Å². The van der Waals surface area contributed by atoms with Crippen LogP contribution in [0.5, 0.6) is 0 Å². The molecule has 0 unspecified atom stereocenters. The predicted molar refractivity (Wildman–Crippen MR) is 80.4 cm³/mol. The van der Waals surface area contributed by atoms with Gasteiger partial charge in [0.1, 0.15) is 0 Å². The van der Waals surface area contributed by atoms with Crippen molar-refractivity contribution in [3.05, 3.63) is 30.1 Å². The van der Waals surface area contributed by atoms with Gasteiger partial charge in [-0.3, -0.25) is 0 Å². The van der Waals surface area contributed by atoms with E-state index < -0.39 is 0 Å². The van der Waals surface area contributed by atoms with Crippen molar-refractivity contribution >= 4 is 17.1 Å². The van der Waals surface area contributed by atoms with Crippen molar-refractivity contribution in [1.82, 2.24) is 20.2 Å². The molecule has 2 N–H and O–H groups in total. The molecule has 20 heavy (non-hydrogen) atoms. The number of urea groups is 1. The van der Waals surface area contributed by atoms with Crippen LogP contribution in [0.1, 0.15) is 26.3 Å². The Bertz CT molecular complexity index is 610. The number of carbonyl (C=O) groups is 1. The van der Waals surface area contributed by atoms with Crippen LogP contribution in [0.15, 0.2) is 24.5 Å². The fourth-order valence-corrected chi connectivity index (χ4v) is 1.88. The van der Waals surface area contributed by atoms with Crippen molar-refractivity contribution in [2.75, 3.05) is 6.54 Å². The lowest BCUT2D eigenvalue weighted by atomic mass is 9.97. The molecule has 0 aliphatic rings. The van der Waals surface area contributed by atoms with Gasteiger partial charge >= 0.3 is 6.03 Å². The summed E-state index contributed by atoms with van der Waals surface area (Å²) >= 11 is 0. The first-order valence-corrected chi connectivity index (χ1v) is 6.77. The number of amides is 2. The fourth-order valence-electron chi connectivity index (χ4n) is 1.88. The Labute approximate surface area is 119 Å². The number of rotatable bonds is 3. The molecule has 0 aliphatic heterocycles. The van der Waals surface area contributed by atoms with E-state index in [-0.39, 0.29) is 11.4 Å². The largest absolute Gasteiger partial charge is 0.338 e. The van der Waals surface area contributed by atoms with Gasteiger partial charge in [-0.15, -0.1) is 0 Å². The molecule has 0 fully saturated rings. The quantitative estimate of drug-likeness (QED) is 0.903. The minimum Gasteiger partial charge on any atom is -0.338 e. The summed E-state index contributed by atoms with van der Waals surface area (Å²) < 4.78 is 1.97. The molecule has 2 rings (SSSR count). The molecule has 5 heteroatoms. The standard InChI is InChI=1S/C15H22N4O/c1-15(2,3)9-17-14(20)16-8-11-5-6-13-12(7-11)18-10-19(13)4/h5-7,10H,8-9H2,1-4H3,(H2,16,17,20). The SMILES string of the molecule is Cn1cnc2cc(CNC(=O)NCC(C)(C)C)ccc21. The van der Waals surface area contributed by atoms with Crippen LogP contribution in [0.3, 0.4) is 0 Å². The molecule has 0 aliphatic carbocycles. The molecule has 2 aromatic rings. The first kappa shape index (κ1) is 14.4. The second-order valence-electron chi connectivity index (χ2n) is 6.28. The summed E-state index contributed by atoms with van der Waals surface area (Å²) in [5, 5.41) is 5.72. The molecular weight excluding hydrogens is 252 g/mol. The second-order valence-corrected chi connectivity index (χ2v) is 6.28. The van der Waals surface area contributed by atoms with Gasteiger partial charge in [-0.25, -0.2) is 9.78 Å². The molecule has 0 bridgehead atoms. The van der Waals surface area contributed by atoms with Crippen LogP contribution in [0, 0.1) is 5.41 Å². The van der Waals surface area contributed by atoms with Crippen LogP contribution in [0.25, 0.3) is 11.0 Å². The van der Waals surface area contributed by atoms with Gasteiger partial charge in [0.25, 0.3) is 0 Å². The molecule has 1 aromatic carbocycles. The van der Waals surface area contributed by atoms with E-state index >= 15 is 0 Å². The number of hydrogen-bond acceptors (Lipinski definition) is 2. The lowest BCUT2D eigenvalue weighted by Gasteiger charge is -2.18. The number of fused-ring (bicyclic) bond motifs is 1. The Morgan fingerprint density at radius 3 is 2.75 bits per heavy atom. The molecule has 0 atom stereocenters. The van der Waals surface area contributed by atoms with Gasteiger partial charge in [-0.2, -0.15) is 0 Å². The smallest absolute Gasteiger partial charge is 0.315 e. The molecule has 0 spiro atoms. The lowest BCUT2D eigenvalue weighted by molar-refractivity contribution is 0.235. The highest BCUT2D eigenvalue weighted by atomic mass is 16.2. The van der Waals surface area contributed by atoms with Crippen molar-refractivity contribution in [1.29, 1.82) is 0 Å². The highest BCUT2D eigenvalue weighted by molar-refractivity contribution is 5.77. The zero-order valence-electron chi connectivity index (χ0n) is 12.5. The fraction of sp³-hybridized carbons (Fsp3) is 0.467. The van der Waals surface area contributed by atoms with Crippen LogP contribution in [-0.2, 0) is 13.6 Å². The monoisotopic (exact) mass is 274 g/mol.